The summed E-state index contributed by atoms with van der Waals surface area (Å²) in [6.07, 6.45) is 3.13. The van der Waals surface area contributed by atoms with E-state index in [-0.39, 0.29) is 17.4 Å². The highest BCUT2D eigenvalue weighted by Crippen LogP contribution is 2.38. The van der Waals surface area contributed by atoms with Crippen LogP contribution in [0.3, 0.4) is 0 Å². The van der Waals surface area contributed by atoms with E-state index in [1.54, 1.807) is 27.4 Å². The minimum Gasteiger partial charge on any atom is -0.504 e. The molecule has 1 heterocycles. The number of hydrogen-bond donors (Lipinski definition) is 2. The van der Waals surface area contributed by atoms with Crippen molar-refractivity contribution in [2.24, 2.45) is 0 Å². The predicted octanol–water partition coefficient (Wildman–Crippen LogP) is 2.80. The SMILES string of the molecule is COc1cc(CN2CCN(C(=O)C3=Cc4cc(O)c(O)cc4CC3)CC2)cc(OC)c1OC. The summed E-state index contributed by atoms with van der Waals surface area (Å²) in [6.45, 7) is 3.54. The Kier molecular flexibility index (Phi) is 6.65. The van der Waals surface area contributed by atoms with E-state index < -0.39 is 0 Å². The van der Waals surface area contributed by atoms with E-state index in [1.807, 2.05) is 23.1 Å². The number of benzene rings is 2. The van der Waals surface area contributed by atoms with Gasteiger partial charge in [0.15, 0.2) is 23.0 Å². The maximum atomic E-state index is 13.1. The fraction of sp³-hybridized carbons (Fsp3) is 0.400. The summed E-state index contributed by atoms with van der Waals surface area (Å²) in [5, 5.41) is 19.5. The van der Waals surface area contributed by atoms with Crippen LogP contribution < -0.4 is 14.2 Å². The Bertz CT molecular complexity index is 1050. The number of carbonyl (C=O) groups excluding carboxylic acids is 1. The van der Waals surface area contributed by atoms with Gasteiger partial charge in [-0.1, -0.05) is 0 Å². The van der Waals surface area contributed by atoms with Gasteiger partial charge in [-0.05, 0) is 59.9 Å². The van der Waals surface area contributed by atoms with Crippen LogP contribution in [0, 0.1) is 0 Å². The third-order valence-corrected chi connectivity index (χ3v) is 6.29. The zero-order valence-corrected chi connectivity index (χ0v) is 19.3. The van der Waals surface area contributed by atoms with Crippen LogP contribution >= 0.6 is 0 Å². The molecule has 2 aliphatic rings. The first-order chi connectivity index (χ1) is 15.9. The molecule has 2 N–H and O–H groups in total. The highest BCUT2D eigenvalue weighted by molar-refractivity contribution is 5.98. The molecule has 0 bridgehead atoms. The van der Waals surface area contributed by atoms with Crippen molar-refractivity contribution < 1.29 is 29.2 Å². The van der Waals surface area contributed by atoms with E-state index in [0.29, 0.717) is 43.2 Å². The van der Waals surface area contributed by atoms with Crippen molar-refractivity contribution in [3.63, 3.8) is 0 Å². The van der Waals surface area contributed by atoms with Crippen LogP contribution in [0.25, 0.3) is 6.08 Å². The maximum absolute atomic E-state index is 13.1. The maximum Gasteiger partial charge on any atom is 0.249 e. The van der Waals surface area contributed by atoms with Crippen molar-refractivity contribution in [1.29, 1.82) is 0 Å². The number of fused-ring (bicyclic) bond motifs is 1. The Morgan fingerprint density at radius 2 is 1.52 bits per heavy atom. The number of aromatic hydroxyl groups is 2. The van der Waals surface area contributed by atoms with Crippen molar-refractivity contribution in [2.45, 2.75) is 19.4 Å². The number of phenolic OH excluding ortho intramolecular Hbond substituents is 2. The lowest BCUT2D eigenvalue weighted by Gasteiger charge is -2.35. The number of rotatable bonds is 6. The second kappa shape index (κ2) is 9.62. The van der Waals surface area contributed by atoms with Crippen LogP contribution in [0.5, 0.6) is 28.7 Å². The molecule has 2 aromatic carbocycles. The molecule has 0 spiro atoms. The Labute approximate surface area is 193 Å². The molecule has 33 heavy (non-hydrogen) atoms. The molecule has 0 atom stereocenters. The molecular weight excluding hydrogens is 424 g/mol. The Hall–Kier alpha value is -3.39. The van der Waals surface area contributed by atoms with Crippen LogP contribution in [0.2, 0.25) is 0 Å². The zero-order valence-electron chi connectivity index (χ0n) is 19.3. The zero-order chi connectivity index (χ0) is 23.5. The van der Waals surface area contributed by atoms with Crippen molar-refractivity contribution in [2.75, 3.05) is 47.5 Å². The van der Waals surface area contributed by atoms with Gasteiger partial charge >= 0.3 is 0 Å². The number of aryl methyl sites for hydroxylation is 1. The van der Waals surface area contributed by atoms with Gasteiger partial charge in [0.05, 0.1) is 21.3 Å². The molecule has 2 aromatic rings. The first-order valence-electron chi connectivity index (χ1n) is 11.0. The molecule has 1 aliphatic heterocycles. The molecule has 0 radical (unpaired) electrons. The first-order valence-corrected chi connectivity index (χ1v) is 11.0. The molecule has 1 saturated heterocycles. The van der Waals surface area contributed by atoms with Crippen molar-refractivity contribution in [3.05, 3.63) is 46.5 Å². The second-order valence-electron chi connectivity index (χ2n) is 8.31. The Morgan fingerprint density at radius 1 is 0.879 bits per heavy atom. The molecular formula is C25H30N2O6. The largest absolute Gasteiger partial charge is 0.504 e. The topological polar surface area (TPSA) is 91.7 Å². The molecule has 1 fully saturated rings. The van der Waals surface area contributed by atoms with E-state index in [2.05, 4.69) is 4.90 Å². The van der Waals surface area contributed by atoms with E-state index in [9.17, 15) is 15.0 Å². The smallest absolute Gasteiger partial charge is 0.249 e. The number of nitrogens with zero attached hydrogens (tertiary/aromatic N) is 2. The number of phenols is 2. The second-order valence-corrected chi connectivity index (χ2v) is 8.31. The van der Waals surface area contributed by atoms with E-state index in [4.69, 9.17) is 14.2 Å². The molecule has 8 nitrogen and oxygen atoms in total. The van der Waals surface area contributed by atoms with Gasteiger partial charge < -0.3 is 29.3 Å². The fourth-order valence-electron chi connectivity index (χ4n) is 4.48. The third-order valence-electron chi connectivity index (χ3n) is 6.29. The lowest BCUT2D eigenvalue weighted by molar-refractivity contribution is -0.129. The number of ether oxygens (including phenoxy) is 3. The summed E-state index contributed by atoms with van der Waals surface area (Å²) in [5.41, 5.74) is 3.53. The highest BCUT2D eigenvalue weighted by atomic mass is 16.5. The van der Waals surface area contributed by atoms with Gasteiger partial charge in [0.25, 0.3) is 0 Å². The lowest BCUT2D eigenvalue weighted by atomic mass is 9.91. The third kappa shape index (κ3) is 4.71. The minimum atomic E-state index is -0.167. The van der Waals surface area contributed by atoms with Gasteiger partial charge in [0.1, 0.15) is 0 Å². The van der Waals surface area contributed by atoms with E-state index in [1.165, 1.54) is 6.07 Å². The van der Waals surface area contributed by atoms with Crippen LogP contribution in [0.4, 0.5) is 0 Å². The summed E-state index contributed by atoms with van der Waals surface area (Å²) in [6, 6.07) is 7.00. The Balaban J connectivity index is 1.40. The van der Waals surface area contributed by atoms with Gasteiger partial charge in [0.2, 0.25) is 11.7 Å². The first kappa shape index (κ1) is 22.8. The summed E-state index contributed by atoms with van der Waals surface area (Å²) >= 11 is 0. The molecule has 0 unspecified atom stereocenters. The van der Waals surface area contributed by atoms with E-state index in [0.717, 1.165) is 41.9 Å². The number of hydrogen-bond acceptors (Lipinski definition) is 7. The average Bonchev–Trinajstić information content (AvgIpc) is 2.83. The lowest BCUT2D eigenvalue weighted by Crippen LogP contribution is -2.48. The number of methoxy groups -OCH3 is 3. The van der Waals surface area contributed by atoms with Crippen LogP contribution in [-0.2, 0) is 17.8 Å². The number of amides is 1. The average molecular weight is 455 g/mol. The quantitative estimate of drug-likeness (QED) is 0.649. The molecule has 8 heteroatoms. The van der Waals surface area contributed by atoms with Crippen molar-refractivity contribution in [1.82, 2.24) is 9.80 Å². The molecule has 4 rings (SSSR count). The number of piperazine rings is 1. The van der Waals surface area contributed by atoms with E-state index >= 15 is 0 Å². The molecule has 0 aromatic heterocycles. The standard InChI is InChI=1S/C25H30N2O6/c1-31-22-10-16(11-23(32-2)24(22)33-3)15-26-6-8-27(9-7-26)25(30)18-5-4-17-13-20(28)21(29)14-19(17)12-18/h10-14,28-29H,4-9,15H2,1-3H3. The van der Waals surface area contributed by atoms with Crippen LogP contribution in [0.1, 0.15) is 23.1 Å². The van der Waals surface area contributed by atoms with Crippen LogP contribution in [0.15, 0.2) is 29.8 Å². The molecule has 1 amide bonds. The highest BCUT2D eigenvalue weighted by Gasteiger charge is 2.26. The monoisotopic (exact) mass is 454 g/mol. The molecule has 0 saturated carbocycles. The fourth-order valence-corrected chi connectivity index (χ4v) is 4.48. The molecule has 176 valence electrons. The normalized spacial score (nSPS) is 16.1. The van der Waals surface area contributed by atoms with Crippen molar-refractivity contribution in [3.8, 4) is 28.7 Å². The molecule has 1 aliphatic carbocycles. The summed E-state index contributed by atoms with van der Waals surface area (Å²) in [5.74, 6) is 1.58. The summed E-state index contributed by atoms with van der Waals surface area (Å²) < 4.78 is 16.3. The summed E-state index contributed by atoms with van der Waals surface area (Å²) in [4.78, 5) is 17.3. The minimum absolute atomic E-state index is 0.0423. The van der Waals surface area contributed by atoms with Crippen molar-refractivity contribution >= 4 is 12.0 Å². The predicted molar refractivity (Wildman–Crippen MR) is 124 cm³/mol. The van der Waals surface area contributed by atoms with Crippen LogP contribution in [-0.4, -0.2) is 73.4 Å². The van der Waals surface area contributed by atoms with Gasteiger partial charge in [-0.25, -0.2) is 0 Å². The van der Waals surface area contributed by atoms with Gasteiger partial charge in [-0.3, -0.25) is 9.69 Å². The number of carbonyl (C=O) groups is 1. The van der Waals surface area contributed by atoms with Gasteiger partial charge in [0, 0.05) is 38.3 Å². The Morgan fingerprint density at radius 3 is 2.12 bits per heavy atom. The van der Waals surface area contributed by atoms with Gasteiger partial charge in [-0.15, -0.1) is 0 Å². The summed E-state index contributed by atoms with van der Waals surface area (Å²) in [7, 11) is 4.80. The van der Waals surface area contributed by atoms with Gasteiger partial charge in [-0.2, -0.15) is 0 Å².